The van der Waals surface area contributed by atoms with Gasteiger partial charge in [-0.2, -0.15) is 0 Å². The summed E-state index contributed by atoms with van der Waals surface area (Å²) >= 11 is 0. The molecule has 0 spiro atoms. The van der Waals surface area contributed by atoms with Gasteiger partial charge in [0.15, 0.2) is 0 Å². The first-order valence-corrected chi connectivity index (χ1v) is 6.66. The molecule has 1 aromatic heterocycles. The third-order valence-electron chi connectivity index (χ3n) is 3.10. The predicted octanol–water partition coefficient (Wildman–Crippen LogP) is 3.17. The Bertz CT molecular complexity index is 564. The van der Waals surface area contributed by atoms with Crippen LogP contribution in [0.15, 0.2) is 30.3 Å². The molecule has 1 N–H and O–H groups in total. The summed E-state index contributed by atoms with van der Waals surface area (Å²) in [5.74, 6) is 0.866. The third-order valence-corrected chi connectivity index (χ3v) is 3.10. The summed E-state index contributed by atoms with van der Waals surface area (Å²) in [7, 11) is 1.96. The highest BCUT2D eigenvalue weighted by atomic mass is 16.5. The van der Waals surface area contributed by atoms with Crippen LogP contribution in [0.2, 0.25) is 0 Å². The van der Waals surface area contributed by atoms with Crippen LogP contribution in [0.4, 0.5) is 0 Å². The number of hydrogen-bond donors (Lipinski definition) is 1. The fourth-order valence-corrected chi connectivity index (χ4v) is 2.14. The van der Waals surface area contributed by atoms with E-state index in [-0.39, 0.29) is 5.41 Å². The molecule has 3 nitrogen and oxygen atoms in total. The van der Waals surface area contributed by atoms with E-state index in [1.807, 2.05) is 32.2 Å². The molecule has 3 heteroatoms. The lowest BCUT2D eigenvalue weighted by Crippen LogP contribution is -2.32. The van der Waals surface area contributed by atoms with Crippen LogP contribution in [0, 0.1) is 12.3 Å². The van der Waals surface area contributed by atoms with Gasteiger partial charge in [-0.25, -0.2) is 4.98 Å². The van der Waals surface area contributed by atoms with Gasteiger partial charge in [-0.1, -0.05) is 32.0 Å². The molecule has 0 radical (unpaired) electrons. The zero-order chi connectivity index (χ0) is 13.9. The Balaban J connectivity index is 2.23. The van der Waals surface area contributed by atoms with Gasteiger partial charge >= 0.3 is 0 Å². The molecular weight excluding hydrogens is 236 g/mol. The van der Waals surface area contributed by atoms with Crippen molar-refractivity contribution in [1.29, 1.82) is 0 Å². The van der Waals surface area contributed by atoms with Crippen molar-refractivity contribution >= 4 is 10.9 Å². The van der Waals surface area contributed by atoms with Crippen molar-refractivity contribution in [3.8, 4) is 5.75 Å². The number of rotatable bonds is 5. The van der Waals surface area contributed by atoms with Crippen molar-refractivity contribution < 1.29 is 4.74 Å². The molecule has 0 aliphatic heterocycles. The van der Waals surface area contributed by atoms with Gasteiger partial charge in [-0.3, -0.25) is 0 Å². The van der Waals surface area contributed by atoms with Crippen LogP contribution in [0.25, 0.3) is 10.9 Å². The highest BCUT2D eigenvalue weighted by Gasteiger charge is 2.18. The van der Waals surface area contributed by atoms with Crippen LogP contribution in [0.1, 0.15) is 19.5 Å². The van der Waals surface area contributed by atoms with E-state index in [2.05, 4.69) is 36.3 Å². The van der Waals surface area contributed by atoms with E-state index >= 15 is 0 Å². The van der Waals surface area contributed by atoms with Gasteiger partial charge in [0.2, 0.25) is 0 Å². The Morgan fingerprint density at radius 3 is 2.74 bits per heavy atom. The molecule has 1 aromatic carbocycles. The van der Waals surface area contributed by atoms with Crippen LogP contribution in [0.5, 0.6) is 5.75 Å². The maximum atomic E-state index is 5.99. The number of para-hydroxylation sites is 1. The quantitative estimate of drug-likeness (QED) is 0.894. The summed E-state index contributed by atoms with van der Waals surface area (Å²) in [6.07, 6.45) is 0. The molecule has 0 aliphatic rings. The number of hydrogen-bond acceptors (Lipinski definition) is 3. The maximum absolute atomic E-state index is 5.99. The van der Waals surface area contributed by atoms with Gasteiger partial charge in [-0.15, -0.1) is 0 Å². The number of nitrogens with zero attached hydrogens (tertiary/aromatic N) is 1. The lowest BCUT2D eigenvalue weighted by molar-refractivity contribution is 0.180. The van der Waals surface area contributed by atoms with E-state index in [1.54, 1.807) is 0 Å². The molecule has 0 fully saturated rings. The van der Waals surface area contributed by atoms with E-state index in [0.29, 0.717) is 6.61 Å². The van der Waals surface area contributed by atoms with Gasteiger partial charge < -0.3 is 10.1 Å². The minimum atomic E-state index is 0.0980. The molecule has 2 aromatic rings. The van der Waals surface area contributed by atoms with E-state index < -0.39 is 0 Å². The molecule has 2 rings (SSSR count). The molecule has 1 heterocycles. The summed E-state index contributed by atoms with van der Waals surface area (Å²) in [4.78, 5) is 4.58. The Labute approximate surface area is 115 Å². The standard InChI is InChI=1S/C16H22N2O/c1-12-8-9-13-6-5-7-14(15(13)18-12)19-11-16(2,3)10-17-4/h5-9,17H,10-11H2,1-4H3. The van der Waals surface area contributed by atoms with Crippen molar-refractivity contribution in [3.05, 3.63) is 36.0 Å². The first-order chi connectivity index (χ1) is 9.02. The van der Waals surface area contributed by atoms with Crippen LogP contribution < -0.4 is 10.1 Å². The van der Waals surface area contributed by atoms with E-state index in [1.165, 1.54) is 0 Å². The fourth-order valence-electron chi connectivity index (χ4n) is 2.14. The van der Waals surface area contributed by atoms with Crippen molar-refractivity contribution in [2.24, 2.45) is 5.41 Å². The molecule has 19 heavy (non-hydrogen) atoms. The largest absolute Gasteiger partial charge is 0.491 e. The van der Waals surface area contributed by atoms with Gasteiger partial charge in [0, 0.05) is 23.0 Å². The Morgan fingerprint density at radius 2 is 2.00 bits per heavy atom. The van der Waals surface area contributed by atoms with E-state index in [9.17, 15) is 0 Å². The van der Waals surface area contributed by atoms with Crippen LogP contribution in [-0.4, -0.2) is 25.2 Å². The number of ether oxygens (including phenoxy) is 1. The number of benzene rings is 1. The third kappa shape index (κ3) is 3.44. The lowest BCUT2D eigenvalue weighted by Gasteiger charge is -2.24. The van der Waals surface area contributed by atoms with Crippen LogP contribution in [0.3, 0.4) is 0 Å². The topological polar surface area (TPSA) is 34.1 Å². The molecular formula is C16H22N2O. The second kappa shape index (κ2) is 5.57. The highest BCUT2D eigenvalue weighted by molar-refractivity contribution is 5.84. The molecule has 0 unspecified atom stereocenters. The molecule has 0 saturated heterocycles. The van der Waals surface area contributed by atoms with Crippen LogP contribution >= 0.6 is 0 Å². The number of fused-ring (bicyclic) bond motifs is 1. The second-order valence-electron chi connectivity index (χ2n) is 5.76. The van der Waals surface area contributed by atoms with E-state index in [4.69, 9.17) is 4.74 Å². The average molecular weight is 258 g/mol. The fraction of sp³-hybridized carbons (Fsp3) is 0.438. The van der Waals surface area contributed by atoms with Gasteiger partial charge in [0.25, 0.3) is 0 Å². The van der Waals surface area contributed by atoms with Crippen molar-refractivity contribution in [2.45, 2.75) is 20.8 Å². The summed E-state index contributed by atoms with van der Waals surface area (Å²) in [5.41, 5.74) is 2.06. The first-order valence-electron chi connectivity index (χ1n) is 6.66. The summed E-state index contributed by atoms with van der Waals surface area (Å²) in [6, 6.07) is 10.2. The second-order valence-corrected chi connectivity index (χ2v) is 5.76. The normalized spacial score (nSPS) is 11.8. The SMILES string of the molecule is CNCC(C)(C)COc1cccc2ccc(C)nc12. The summed E-state index contributed by atoms with van der Waals surface area (Å²) in [5, 5.41) is 4.31. The number of aryl methyl sites for hydroxylation is 1. The number of aromatic nitrogens is 1. The molecule has 0 saturated carbocycles. The lowest BCUT2D eigenvalue weighted by atomic mass is 9.95. The number of nitrogens with one attached hydrogen (secondary N) is 1. The minimum Gasteiger partial charge on any atom is -0.491 e. The Kier molecular flexibility index (Phi) is 4.05. The molecule has 0 atom stereocenters. The van der Waals surface area contributed by atoms with Crippen molar-refractivity contribution in [1.82, 2.24) is 10.3 Å². The summed E-state index contributed by atoms with van der Waals surface area (Å²) in [6.45, 7) is 7.97. The smallest absolute Gasteiger partial charge is 0.145 e. The first kappa shape index (κ1) is 13.8. The Hall–Kier alpha value is -1.61. The number of pyridine rings is 1. The maximum Gasteiger partial charge on any atom is 0.145 e. The van der Waals surface area contributed by atoms with Crippen molar-refractivity contribution in [3.63, 3.8) is 0 Å². The van der Waals surface area contributed by atoms with Gasteiger partial charge in [0.05, 0.1) is 6.61 Å². The average Bonchev–Trinajstić information content (AvgIpc) is 2.36. The summed E-state index contributed by atoms with van der Waals surface area (Å²) < 4.78 is 5.99. The zero-order valence-electron chi connectivity index (χ0n) is 12.2. The van der Waals surface area contributed by atoms with Gasteiger partial charge in [0.1, 0.15) is 11.3 Å². The zero-order valence-corrected chi connectivity index (χ0v) is 12.2. The predicted molar refractivity (Wildman–Crippen MR) is 79.7 cm³/mol. The highest BCUT2D eigenvalue weighted by Crippen LogP contribution is 2.26. The Morgan fingerprint density at radius 1 is 1.21 bits per heavy atom. The molecule has 0 aliphatic carbocycles. The molecule has 102 valence electrons. The van der Waals surface area contributed by atoms with Crippen molar-refractivity contribution in [2.75, 3.05) is 20.2 Å². The van der Waals surface area contributed by atoms with Crippen LogP contribution in [-0.2, 0) is 0 Å². The molecule has 0 amide bonds. The van der Waals surface area contributed by atoms with E-state index in [0.717, 1.165) is 28.9 Å². The van der Waals surface area contributed by atoms with Gasteiger partial charge in [-0.05, 0) is 26.1 Å². The monoisotopic (exact) mass is 258 g/mol. The minimum absolute atomic E-state index is 0.0980. The molecule has 0 bridgehead atoms.